The summed E-state index contributed by atoms with van der Waals surface area (Å²) in [4.78, 5) is 25.7. The van der Waals surface area contributed by atoms with Crippen LogP contribution in [0, 0.1) is 0 Å². The third-order valence-corrected chi connectivity index (χ3v) is 4.11. The number of carbonyl (C=O) groups is 2. The average molecular weight is 289 g/mol. The number of fused-ring (bicyclic) bond motifs is 1. The number of hydrogen-bond donors (Lipinski definition) is 1. The molecule has 6 heteroatoms. The summed E-state index contributed by atoms with van der Waals surface area (Å²) >= 11 is 0. The van der Waals surface area contributed by atoms with Crippen LogP contribution in [0.3, 0.4) is 0 Å². The average Bonchev–Trinajstić information content (AvgIpc) is 2.42. The van der Waals surface area contributed by atoms with Crippen molar-refractivity contribution in [2.45, 2.75) is 38.9 Å². The van der Waals surface area contributed by atoms with Crippen molar-refractivity contribution in [1.29, 1.82) is 0 Å². The van der Waals surface area contributed by atoms with Gasteiger partial charge in [-0.1, -0.05) is 0 Å². The van der Waals surface area contributed by atoms with E-state index in [4.69, 9.17) is 5.11 Å². The molecule has 0 aliphatic carbocycles. The number of Topliss-reactive ketones (excluding diaryl/α,β-unsaturated/α-hetero) is 1. The van der Waals surface area contributed by atoms with Gasteiger partial charge in [0.15, 0.2) is 5.78 Å². The van der Waals surface area contributed by atoms with Crippen LogP contribution < -0.4 is 0 Å². The summed E-state index contributed by atoms with van der Waals surface area (Å²) in [7, 11) is 1.83. The number of likely N-dealkylation sites (N-methyl/N-ethyl adjacent to an activating group) is 1. The number of azo groups is 1. The molecule has 0 amide bonds. The highest BCUT2D eigenvalue weighted by Gasteiger charge is 2.42. The minimum absolute atomic E-state index is 0.0880. The summed E-state index contributed by atoms with van der Waals surface area (Å²) in [5, 5.41) is 17.4. The van der Waals surface area contributed by atoms with Gasteiger partial charge in [-0.05, 0) is 52.9 Å². The zero-order valence-corrected chi connectivity index (χ0v) is 12.8. The largest absolute Gasteiger partial charge is 0.478 e. The molecule has 2 rings (SSSR count). The van der Waals surface area contributed by atoms with Gasteiger partial charge in [0, 0.05) is 5.56 Å². The Morgan fingerprint density at radius 3 is 2.43 bits per heavy atom. The van der Waals surface area contributed by atoms with Crippen molar-refractivity contribution in [2.24, 2.45) is 10.2 Å². The molecule has 1 aliphatic rings. The van der Waals surface area contributed by atoms with E-state index < -0.39 is 17.2 Å². The molecule has 21 heavy (non-hydrogen) atoms. The first-order valence-corrected chi connectivity index (χ1v) is 6.66. The van der Waals surface area contributed by atoms with Gasteiger partial charge in [0.2, 0.25) is 0 Å². The minimum Gasteiger partial charge on any atom is -0.478 e. The summed E-state index contributed by atoms with van der Waals surface area (Å²) in [5.41, 5.74) is -0.673. The van der Waals surface area contributed by atoms with Gasteiger partial charge in [-0.15, -0.1) is 0 Å². The highest BCUT2D eigenvalue weighted by atomic mass is 16.4. The van der Waals surface area contributed by atoms with Crippen LogP contribution >= 0.6 is 0 Å². The predicted molar refractivity (Wildman–Crippen MR) is 78.2 cm³/mol. The van der Waals surface area contributed by atoms with Gasteiger partial charge in [0.1, 0.15) is 5.66 Å². The van der Waals surface area contributed by atoms with Gasteiger partial charge in [-0.2, -0.15) is 10.2 Å². The van der Waals surface area contributed by atoms with Crippen molar-refractivity contribution in [1.82, 2.24) is 4.90 Å². The molecule has 1 aliphatic heterocycles. The molecule has 1 aromatic rings. The molecule has 6 nitrogen and oxygen atoms in total. The molecule has 0 bridgehead atoms. The molecule has 0 atom stereocenters. The second-order valence-electron chi connectivity index (χ2n) is 6.18. The molecule has 0 aromatic heterocycles. The maximum Gasteiger partial charge on any atom is 0.335 e. The number of hydrogen-bond acceptors (Lipinski definition) is 5. The fourth-order valence-electron chi connectivity index (χ4n) is 2.35. The second-order valence-corrected chi connectivity index (χ2v) is 6.18. The first-order chi connectivity index (χ1) is 9.57. The SMILES string of the molecule is CN1C(C)(C)N=Nc2cc(C(=O)O)ccc2C(=O)C1(C)C. The van der Waals surface area contributed by atoms with Crippen LogP contribution in [-0.2, 0) is 0 Å². The third-order valence-electron chi connectivity index (χ3n) is 4.11. The van der Waals surface area contributed by atoms with Crippen molar-refractivity contribution in [3.05, 3.63) is 29.3 Å². The summed E-state index contributed by atoms with van der Waals surface area (Å²) < 4.78 is 0. The molecule has 0 saturated heterocycles. The number of carboxylic acid groups (broad SMARTS) is 1. The van der Waals surface area contributed by atoms with Crippen molar-refractivity contribution in [3.8, 4) is 0 Å². The van der Waals surface area contributed by atoms with Crippen LogP contribution in [0.2, 0.25) is 0 Å². The quantitative estimate of drug-likeness (QED) is 0.861. The Labute approximate surface area is 123 Å². The van der Waals surface area contributed by atoms with Crippen molar-refractivity contribution < 1.29 is 14.7 Å². The number of carbonyl (C=O) groups excluding carboxylic acids is 1. The highest BCUT2D eigenvalue weighted by molar-refractivity contribution is 6.07. The standard InChI is InChI=1S/C15H19N3O3/c1-14(2)12(19)10-7-6-9(13(20)21)8-11(10)16-17-15(3,4)18(14)5/h6-8H,1-5H3,(H,20,21). The zero-order chi connectivity index (χ0) is 16.0. The molecular weight excluding hydrogens is 270 g/mol. The van der Waals surface area contributed by atoms with E-state index in [2.05, 4.69) is 10.2 Å². The van der Waals surface area contributed by atoms with Gasteiger partial charge < -0.3 is 5.11 Å². The number of benzene rings is 1. The lowest BCUT2D eigenvalue weighted by Crippen LogP contribution is -2.56. The Hall–Kier alpha value is -2.08. The fourth-order valence-corrected chi connectivity index (χ4v) is 2.35. The van der Waals surface area contributed by atoms with Gasteiger partial charge in [0.05, 0.1) is 16.8 Å². The first kappa shape index (κ1) is 15.3. The smallest absolute Gasteiger partial charge is 0.335 e. The Bertz CT molecular complexity index is 648. The Morgan fingerprint density at radius 2 is 1.86 bits per heavy atom. The van der Waals surface area contributed by atoms with Gasteiger partial charge in [-0.25, -0.2) is 4.79 Å². The molecule has 0 unspecified atom stereocenters. The summed E-state index contributed by atoms with van der Waals surface area (Å²) in [5.74, 6) is -1.16. The van der Waals surface area contributed by atoms with E-state index >= 15 is 0 Å². The summed E-state index contributed by atoms with van der Waals surface area (Å²) in [6, 6.07) is 4.31. The maximum absolute atomic E-state index is 12.8. The van der Waals surface area contributed by atoms with Crippen molar-refractivity contribution in [2.75, 3.05) is 7.05 Å². The molecule has 112 valence electrons. The van der Waals surface area contributed by atoms with E-state index in [-0.39, 0.29) is 11.3 Å². The monoisotopic (exact) mass is 289 g/mol. The summed E-state index contributed by atoms with van der Waals surface area (Å²) in [6.45, 7) is 7.37. The van der Waals surface area contributed by atoms with Crippen LogP contribution in [0.15, 0.2) is 28.4 Å². The van der Waals surface area contributed by atoms with E-state index in [1.54, 1.807) is 0 Å². The molecule has 1 N–H and O–H groups in total. The van der Waals surface area contributed by atoms with Crippen LogP contribution in [0.25, 0.3) is 0 Å². The van der Waals surface area contributed by atoms with E-state index in [1.807, 2.05) is 39.6 Å². The first-order valence-electron chi connectivity index (χ1n) is 6.66. The second kappa shape index (κ2) is 4.73. The van der Waals surface area contributed by atoms with Crippen LogP contribution in [-0.4, -0.2) is 40.0 Å². The Morgan fingerprint density at radius 1 is 1.24 bits per heavy atom. The molecule has 1 heterocycles. The molecule has 1 aromatic carbocycles. The predicted octanol–water partition coefficient (Wildman–Crippen LogP) is 3.11. The molecule has 0 radical (unpaired) electrons. The minimum atomic E-state index is -1.06. The van der Waals surface area contributed by atoms with Crippen LogP contribution in [0.1, 0.15) is 48.4 Å². The number of nitrogens with zero attached hydrogens (tertiary/aromatic N) is 3. The van der Waals surface area contributed by atoms with Gasteiger partial charge >= 0.3 is 5.97 Å². The molecular formula is C15H19N3O3. The van der Waals surface area contributed by atoms with E-state index in [0.29, 0.717) is 11.3 Å². The Kier molecular flexibility index (Phi) is 3.45. The lowest BCUT2D eigenvalue weighted by molar-refractivity contribution is 0.0357. The van der Waals surface area contributed by atoms with Gasteiger partial charge in [0.25, 0.3) is 0 Å². The number of ketones is 1. The maximum atomic E-state index is 12.8. The summed E-state index contributed by atoms with van der Waals surface area (Å²) in [6.07, 6.45) is 0. The lowest BCUT2D eigenvalue weighted by Gasteiger charge is -2.43. The van der Waals surface area contributed by atoms with Crippen molar-refractivity contribution >= 4 is 17.4 Å². The van der Waals surface area contributed by atoms with E-state index in [1.165, 1.54) is 18.2 Å². The van der Waals surface area contributed by atoms with Crippen molar-refractivity contribution in [3.63, 3.8) is 0 Å². The number of rotatable bonds is 1. The van der Waals surface area contributed by atoms with Gasteiger partial charge in [-0.3, -0.25) is 9.69 Å². The molecule has 0 saturated carbocycles. The molecule has 0 spiro atoms. The highest BCUT2D eigenvalue weighted by Crippen LogP contribution is 2.35. The van der Waals surface area contributed by atoms with Crippen LogP contribution in [0.4, 0.5) is 5.69 Å². The third kappa shape index (κ3) is 2.47. The number of carboxylic acids is 1. The Balaban J connectivity index is 2.69. The fraction of sp³-hybridized carbons (Fsp3) is 0.467. The zero-order valence-electron chi connectivity index (χ0n) is 12.8. The normalized spacial score (nSPS) is 20.5. The topological polar surface area (TPSA) is 82.3 Å². The lowest BCUT2D eigenvalue weighted by atomic mass is 9.88. The van der Waals surface area contributed by atoms with E-state index in [9.17, 15) is 9.59 Å². The van der Waals surface area contributed by atoms with Crippen LogP contribution in [0.5, 0.6) is 0 Å². The number of aromatic carboxylic acids is 1. The molecule has 0 fully saturated rings. The van der Waals surface area contributed by atoms with E-state index in [0.717, 1.165) is 0 Å².